The molecule has 1 fully saturated rings. The van der Waals surface area contributed by atoms with Gasteiger partial charge in [-0.25, -0.2) is 4.79 Å². The summed E-state index contributed by atoms with van der Waals surface area (Å²) in [5.41, 5.74) is 0. The molecule has 5 nitrogen and oxygen atoms in total. The molecule has 0 aromatic heterocycles. The fourth-order valence-corrected chi connectivity index (χ4v) is 2.01. The van der Waals surface area contributed by atoms with Crippen molar-refractivity contribution in [1.82, 2.24) is 10.2 Å². The van der Waals surface area contributed by atoms with Gasteiger partial charge in [-0.1, -0.05) is 0 Å². The fourth-order valence-electron chi connectivity index (χ4n) is 2.01. The minimum atomic E-state index is -4.28. The number of likely N-dealkylation sites (tertiary alicyclic amines) is 1. The Morgan fingerprint density at radius 3 is 2.32 bits per heavy atom. The standard InChI is InChI=1S/C11H17F3N2O3/c12-11(13,14)3-4-15-10(19)16-5-1-8(2-6-16)7-9(17)18/h8H,1-7H2,(H,15,19)(H,17,18). The van der Waals surface area contributed by atoms with E-state index in [0.29, 0.717) is 25.9 Å². The number of hydrogen-bond donors (Lipinski definition) is 2. The highest BCUT2D eigenvalue weighted by atomic mass is 19.4. The van der Waals surface area contributed by atoms with Crippen molar-refractivity contribution < 1.29 is 27.9 Å². The summed E-state index contributed by atoms with van der Waals surface area (Å²) in [5, 5.41) is 10.8. The molecule has 110 valence electrons. The number of carboxylic acid groups (broad SMARTS) is 1. The number of alkyl halides is 3. The summed E-state index contributed by atoms with van der Waals surface area (Å²) in [6.45, 7) is 0.336. The predicted molar refractivity (Wildman–Crippen MR) is 60.6 cm³/mol. The molecule has 0 unspecified atom stereocenters. The van der Waals surface area contributed by atoms with Crippen molar-refractivity contribution in [3.8, 4) is 0 Å². The van der Waals surface area contributed by atoms with Crippen LogP contribution in [0.3, 0.4) is 0 Å². The van der Waals surface area contributed by atoms with Gasteiger partial charge in [0.2, 0.25) is 0 Å². The van der Waals surface area contributed by atoms with Crippen LogP contribution < -0.4 is 5.32 Å². The summed E-state index contributed by atoms with van der Waals surface area (Å²) in [5.74, 6) is -0.829. The summed E-state index contributed by atoms with van der Waals surface area (Å²) in [6, 6.07) is -0.516. The lowest BCUT2D eigenvalue weighted by atomic mass is 9.94. The molecule has 0 radical (unpaired) electrons. The van der Waals surface area contributed by atoms with E-state index in [1.807, 2.05) is 0 Å². The Morgan fingerprint density at radius 1 is 1.26 bits per heavy atom. The van der Waals surface area contributed by atoms with Crippen LogP contribution in [-0.2, 0) is 4.79 Å². The number of hydrogen-bond acceptors (Lipinski definition) is 2. The number of piperidine rings is 1. The molecule has 0 spiro atoms. The number of carboxylic acids is 1. The van der Waals surface area contributed by atoms with E-state index in [2.05, 4.69) is 5.32 Å². The highest BCUT2D eigenvalue weighted by molar-refractivity contribution is 5.74. The monoisotopic (exact) mass is 282 g/mol. The second-order valence-corrected chi connectivity index (χ2v) is 4.63. The van der Waals surface area contributed by atoms with Crippen molar-refractivity contribution in [3.05, 3.63) is 0 Å². The zero-order chi connectivity index (χ0) is 14.5. The average Bonchev–Trinajstić information content (AvgIpc) is 2.27. The van der Waals surface area contributed by atoms with E-state index < -0.39 is 31.1 Å². The molecule has 0 atom stereocenters. The molecule has 0 bridgehead atoms. The quantitative estimate of drug-likeness (QED) is 0.826. The number of nitrogens with zero attached hydrogens (tertiary/aromatic N) is 1. The Labute approximate surface area is 108 Å². The molecule has 2 amide bonds. The van der Waals surface area contributed by atoms with Gasteiger partial charge in [-0.05, 0) is 18.8 Å². The van der Waals surface area contributed by atoms with Crippen molar-refractivity contribution in [2.24, 2.45) is 5.92 Å². The topological polar surface area (TPSA) is 69.6 Å². The molecule has 1 rings (SSSR count). The lowest BCUT2D eigenvalue weighted by Crippen LogP contribution is -2.45. The molecular weight excluding hydrogens is 265 g/mol. The van der Waals surface area contributed by atoms with E-state index >= 15 is 0 Å². The number of rotatable bonds is 4. The van der Waals surface area contributed by atoms with Crippen LogP contribution in [-0.4, -0.2) is 47.8 Å². The van der Waals surface area contributed by atoms with E-state index in [0.717, 1.165) is 0 Å². The Bertz CT molecular complexity index is 326. The van der Waals surface area contributed by atoms with Crippen molar-refractivity contribution in [3.63, 3.8) is 0 Å². The SMILES string of the molecule is O=C(O)CC1CCN(C(=O)NCCC(F)(F)F)CC1. The van der Waals surface area contributed by atoms with E-state index in [9.17, 15) is 22.8 Å². The van der Waals surface area contributed by atoms with E-state index in [-0.39, 0.29) is 12.3 Å². The minimum Gasteiger partial charge on any atom is -0.481 e. The van der Waals surface area contributed by atoms with Crippen LogP contribution >= 0.6 is 0 Å². The smallest absolute Gasteiger partial charge is 0.390 e. The van der Waals surface area contributed by atoms with Gasteiger partial charge in [0.05, 0.1) is 6.42 Å². The van der Waals surface area contributed by atoms with E-state index in [1.165, 1.54) is 4.90 Å². The van der Waals surface area contributed by atoms with Crippen LogP contribution in [0, 0.1) is 5.92 Å². The van der Waals surface area contributed by atoms with Gasteiger partial charge in [0.1, 0.15) is 0 Å². The van der Waals surface area contributed by atoms with Crippen LogP contribution in [0.2, 0.25) is 0 Å². The lowest BCUT2D eigenvalue weighted by Gasteiger charge is -2.31. The maximum Gasteiger partial charge on any atom is 0.390 e. The maximum absolute atomic E-state index is 11.9. The predicted octanol–water partition coefficient (Wildman–Crippen LogP) is 1.84. The fraction of sp³-hybridized carbons (Fsp3) is 0.818. The molecule has 1 aliphatic heterocycles. The Morgan fingerprint density at radius 2 is 1.84 bits per heavy atom. The van der Waals surface area contributed by atoms with Crippen LogP contribution in [0.1, 0.15) is 25.7 Å². The third kappa shape index (κ3) is 6.30. The van der Waals surface area contributed by atoms with Gasteiger partial charge in [0.15, 0.2) is 0 Å². The Balaban J connectivity index is 2.23. The largest absolute Gasteiger partial charge is 0.481 e. The van der Waals surface area contributed by atoms with Crippen LogP contribution in [0.15, 0.2) is 0 Å². The molecule has 1 heterocycles. The number of carbonyl (C=O) groups is 2. The zero-order valence-electron chi connectivity index (χ0n) is 10.4. The summed E-state index contributed by atoms with van der Waals surface area (Å²) < 4.78 is 35.7. The molecule has 0 saturated carbocycles. The van der Waals surface area contributed by atoms with Gasteiger partial charge < -0.3 is 15.3 Å². The third-order valence-corrected chi connectivity index (χ3v) is 3.05. The number of aliphatic carboxylic acids is 1. The highest BCUT2D eigenvalue weighted by Gasteiger charge is 2.28. The highest BCUT2D eigenvalue weighted by Crippen LogP contribution is 2.21. The van der Waals surface area contributed by atoms with Crippen molar-refractivity contribution >= 4 is 12.0 Å². The van der Waals surface area contributed by atoms with Gasteiger partial charge in [0, 0.05) is 26.1 Å². The van der Waals surface area contributed by atoms with E-state index in [4.69, 9.17) is 5.11 Å². The maximum atomic E-state index is 11.9. The molecule has 19 heavy (non-hydrogen) atoms. The van der Waals surface area contributed by atoms with Crippen molar-refractivity contribution in [2.75, 3.05) is 19.6 Å². The first kappa shape index (κ1) is 15.6. The average molecular weight is 282 g/mol. The summed E-state index contributed by atoms with van der Waals surface area (Å²) in [4.78, 5) is 23.5. The first-order valence-electron chi connectivity index (χ1n) is 6.09. The summed E-state index contributed by atoms with van der Waals surface area (Å²) in [7, 11) is 0. The lowest BCUT2D eigenvalue weighted by molar-refractivity contribution is -0.138. The van der Waals surface area contributed by atoms with Crippen molar-refractivity contribution in [1.29, 1.82) is 0 Å². The van der Waals surface area contributed by atoms with E-state index in [1.54, 1.807) is 0 Å². The van der Waals surface area contributed by atoms with Gasteiger partial charge in [-0.2, -0.15) is 13.2 Å². The zero-order valence-corrected chi connectivity index (χ0v) is 10.4. The van der Waals surface area contributed by atoms with Gasteiger partial charge in [0.25, 0.3) is 0 Å². The summed E-state index contributed by atoms with van der Waals surface area (Å²) in [6.07, 6.45) is -4.11. The second-order valence-electron chi connectivity index (χ2n) is 4.63. The van der Waals surface area contributed by atoms with Gasteiger partial charge in [-0.3, -0.25) is 4.79 Å². The summed E-state index contributed by atoms with van der Waals surface area (Å²) >= 11 is 0. The van der Waals surface area contributed by atoms with Crippen LogP contribution in [0.5, 0.6) is 0 Å². The van der Waals surface area contributed by atoms with Crippen LogP contribution in [0.25, 0.3) is 0 Å². The van der Waals surface area contributed by atoms with Gasteiger partial charge >= 0.3 is 18.2 Å². The number of carbonyl (C=O) groups excluding carboxylic acids is 1. The molecule has 0 aromatic rings. The first-order valence-corrected chi connectivity index (χ1v) is 6.09. The molecule has 8 heteroatoms. The van der Waals surface area contributed by atoms with Crippen LogP contribution in [0.4, 0.5) is 18.0 Å². The number of amides is 2. The molecule has 1 aliphatic rings. The normalized spacial score (nSPS) is 17.3. The Hall–Kier alpha value is -1.47. The molecule has 2 N–H and O–H groups in total. The minimum absolute atomic E-state index is 0.0386. The second kappa shape index (κ2) is 6.63. The third-order valence-electron chi connectivity index (χ3n) is 3.05. The number of urea groups is 1. The van der Waals surface area contributed by atoms with Crippen molar-refractivity contribution in [2.45, 2.75) is 31.9 Å². The molecular formula is C11H17F3N2O3. The van der Waals surface area contributed by atoms with Gasteiger partial charge in [-0.15, -0.1) is 0 Å². The number of nitrogens with one attached hydrogen (secondary N) is 1. The molecule has 0 aliphatic carbocycles. The molecule has 0 aromatic carbocycles. The number of halogens is 3. The first-order chi connectivity index (χ1) is 8.78. The molecule has 1 saturated heterocycles. The Kier molecular flexibility index (Phi) is 5.44.